The molecule has 0 unspecified atom stereocenters. The maximum Gasteiger partial charge on any atom is 0.326 e. The topological polar surface area (TPSA) is 129 Å². The molecule has 3 rings (SSSR count). The van der Waals surface area contributed by atoms with Crippen molar-refractivity contribution in [3.05, 3.63) is 78.3 Å². The van der Waals surface area contributed by atoms with Crippen LogP contribution >= 0.6 is 23.2 Å². The summed E-state index contributed by atoms with van der Waals surface area (Å²) in [6, 6.07) is 5.30. The highest BCUT2D eigenvalue weighted by Crippen LogP contribution is 2.25. The van der Waals surface area contributed by atoms with Gasteiger partial charge in [0.1, 0.15) is 17.4 Å². The molecular formula is C23H22Cl2N4O5. The SMILES string of the molecule is CC(C)N(C)c1c(N[C@@H](Cc2ccc(NC(=O)c3c(Cl)cncc3Cl)cc2)C(=O)O)c(=O)c1=O. The molecule has 11 heteroatoms. The Kier molecular flexibility index (Phi) is 7.58. The molecule has 1 heterocycles. The number of anilines is 3. The van der Waals surface area contributed by atoms with Gasteiger partial charge in [-0.2, -0.15) is 0 Å². The monoisotopic (exact) mass is 504 g/mol. The minimum Gasteiger partial charge on any atom is -0.480 e. The summed E-state index contributed by atoms with van der Waals surface area (Å²) >= 11 is 12.0. The third kappa shape index (κ3) is 5.21. The molecule has 9 nitrogen and oxygen atoms in total. The molecule has 0 radical (unpaired) electrons. The number of nitrogens with zero attached hydrogens (tertiary/aromatic N) is 2. The minimum absolute atomic E-state index is 0.00333. The quantitative estimate of drug-likeness (QED) is 0.379. The van der Waals surface area contributed by atoms with Crippen molar-refractivity contribution in [2.45, 2.75) is 32.4 Å². The van der Waals surface area contributed by atoms with Gasteiger partial charge in [-0.25, -0.2) is 4.79 Å². The van der Waals surface area contributed by atoms with Gasteiger partial charge >= 0.3 is 5.97 Å². The number of carbonyl (C=O) groups is 2. The van der Waals surface area contributed by atoms with Gasteiger partial charge in [0.25, 0.3) is 16.8 Å². The van der Waals surface area contributed by atoms with Gasteiger partial charge in [0, 0.05) is 37.6 Å². The van der Waals surface area contributed by atoms with E-state index in [9.17, 15) is 24.3 Å². The van der Waals surface area contributed by atoms with Gasteiger partial charge in [0.15, 0.2) is 0 Å². The number of carbonyl (C=O) groups excluding carboxylic acids is 1. The van der Waals surface area contributed by atoms with Crippen LogP contribution in [0.4, 0.5) is 17.1 Å². The first-order valence-electron chi connectivity index (χ1n) is 10.3. The van der Waals surface area contributed by atoms with E-state index in [0.717, 1.165) is 0 Å². The van der Waals surface area contributed by atoms with E-state index in [4.69, 9.17) is 23.2 Å². The summed E-state index contributed by atoms with van der Waals surface area (Å²) in [4.78, 5) is 53.8. The molecule has 0 bridgehead atoms. The molecule has 3 aromatic rings. The number of carboxylic acids is 1. The van der Waals surface area contributed by atoms with E-state index in [1.165, 1.54) is 12.4 Å². The van der Waals surface area contributed by atoms with Gasteiger partial charge in [-0.05, 0) is 31.5 Å². The highest BCUT2D eigenvalue weighted by molar-refractivity contribution is 6.40. The molecule has 0 aliphatic carbocycles. The Morgan fingerprint density at radius 1 is 1.06 bits per heavy atom. The maximum absolute atomic E-state index is 12.5. The Morgan fingerprint density at radius 3 is 2.18 bits per heavy atom. The van der Waals surface area contributed by atoms with Crippen LogP contribution in [-0.2, 0) is 11.2 Å². The predicted octanol–water partition coefficient (Wildman–Crippen LogP) is 3.19. The number of hydrogen-bond acceptors (Lipinski definition) is 7. The number of pyridine rings is 1. The smallest absolute Gasteiger partial charge is 0.326 e. The van der Waals surface area contributed by atoms with Crippen LogP contribution < -0.4 is 26.4 Å². The third-order valence-electron chi connectivity index (χ3n) is 5.36. The predicted molar refractivity (Wildman–Crippen MR) is 132 cm³/mol. The van der Waals surface area contributed by atoms with E-state index in [-0.39, 0.29) is 39.4 Å². The van der Waals surface area contributed by atoms with Crippen LogP contribution in [0.25, 0.3) is 0 Å². The van der Waals surface area contributed by atoms with E-state index in [2.05, 4.69) is 15.6 Å². The lowest BCUT2D eigenvalue weighted by Gasteiger charge is -2.28. The summed E-state index contributed by atoms with van der Waals surface area (Å²) in [5, 5.41) is 15.3. The lowest BCUT2D eigenvalue weighted by Crippen LogP contribution is -2.46. The fourth-order valence-corrected chi connectivity index (χ4v) is 3.80. The first kappa shape index (κ1) is 25.2. The fraction of sp³-hybridized carbons (Fsp3) is 0.261. The highest BCUT2D eigenvalue weighted by Gasteiger charge is 2.29. The highest BCUT2D eigenvalue weighted by atomic mass is 35.5. The molecule has 1 amide bonds. The second kappa shape index (κ2) is 10.2. The Labute approximate surface area is 205 Å². The molecular weight excluding hydrogens is 483 g/mol. The van der Waals surface area contributed by atoms with Crippen LogP contribution in [-0.4, -0.2) is 41.1 Å². The first-order chi connectivity index (χ1) is 16.0. The van der Waals surface area contributed by atoms with Crippen molar-refractivity contribution < 1.29 is 14.7 Å². The number of carboxylic acid groups (broad SMARTS) is 1. The van der Waals surface area contributed by atoms with E-state index >= 15 is 0 Å². The van der Waals surface area contributed by atoms with Gasteiger partial charge in [-0.1, -0.05) is 35.3 Å². The van der Waals surface area contributed by atoms with Crippen LogP contribution in [0.5, 0.6) is 0 Å². The Bertz CT molecular complexity index is 1280. The second-order valence-corrected chi connectivity index (χ2v) is 8.77. The summed E-state index contributed by atoms with van der Waals surface area (Å²) in [5.74, 6) is -1.69. The number of nitrogens with one attached hydrogen (secondary N) is 2. The van der Waals surface area contributed by atoms with Crippen molar-refractivity contribution in [3.8, 4) is 0 Å². The number of hydrogen-bond donors (Lipinski definition) is 3. The zero-order chi connectivity index (χ0) is 25.2. The number of halogens is 2. The molecule has 0 saturated carbocycles. The summed E-state index contributed by atoms with van der Waals surface area (Å²) < 4.78 is 0. The van der Waals surface area contributed by atoms with Crippen molar-refractivity contribution in [1.82, 2.24) is 4.98 Å². The fourth-order valence-electron chi connectivity index (χ4n) is 3.26. The Morgan fingerprint density at radius 2 is 1.65 bits per heavy atom. The summed E-state index contributed by atoms with van der Waals surface area (Å²) in [5.41, 5.74) is -0.0252. The zero-order valence-corrected chi connectivity index (χ0v) is 20.1. The van der Waals surface area contributed by atoms with Crippen LogP contribution in [0.2, 0.25) is 10.0 Å². The average molecular weight is 505 g/mol. The van der Waals surface area contributed by atoms with Crippen LogP contribution in [0.15, 0.2) is 46.2 Å². The number of amides is 1. The molecule has 0 aliphatic rings. The van der Waals surface area contributed by atoms with E-state index in [0.29, 0.717) is 11.3 Å². The third-order valence-corrected chi connectivity index (χ3v) is 5.93. The Hall–Kier alpha value is -3.43. The van der Waals surface area contributed by atoms with Gasteiger partial charge < -0.3 is 20.6 Å². The molecule has 0 fully saturated rings. The summed E-state index contributed by atoms with van der Waals surface area (Å²) in [6.45, 7) is 3.71. The van der Waals surface area contributed by atoms with Crippen LogP contribution in [0.3, 0.4) is 0 Å². The van der Waals surface area contributed by atoms with Gasteiger partial charge in [0.05, 0.1) is 15.6 Å². The molecule has 1 aromatic heterocycles. The average Bonchev–Trinajstić information content (AvgIpc) is 2.78. The lowest BCUT2D eigenvalue weighted by molar-refractivity contribution is -0.137. The lowest BCUT2D eigenvalue weighted by atomic mass is 10.0. The van der Waals surface area contributed by atoms with E-state index in [1.807, 2.05) is 13.8 Å². The van der Waals surface area contributed by atoms with Gasteiger partial charge in [-0.15, -0.1) is 0 Å². The van der Waals surface area contributed by atoms with Crippen molar-refractivity contribution >= 4 is 52.1 Å². The summed E-state index contributed by atoms with van der Waals surface area (Å²) in [7, 11) is 1.67. The van der Waals surface area contributed by atoms with Crippen LogP contribution in [0.1, 0.15) is 29.8 Å². The van der Waals surface area contributed by atoms with Crippen molar-refractivity contribution in [1.29, 1.82) is 0 Å². The molecule has 0 saturated heterocycles. The van der Waals surface area contributed by atoms with Crippen molar-refractivity contribution in [2.75, 3.05) is 22.6 Å². The van der Waals surface area contributed by atoms with Gasteiger partial charge in [-0.3, -0.25) is 19.4 Å². The number of aromatic nitrogens is 1. The van der Waals surface area contributed by atoms with Crippen LogP contribution in [0, 0.1) is 0 Å². The zero-order valence-electron chi connectivity index (χ0n) is 18.6. The minimum atomic E-state index is -1.18. The normalized spacial score (nSPS) is 11.9. The number of aliphatic carboxylic acids is 1. The molecule has 0 aliphatic heterocycles. The van der Waals surface area contributed by atoms with E-state index in [1.54, 1.807) is 36.2 Å². The number of benzene rings is 1. The molecule has 178 valence electrons. The Balaban J connectivity index is 1.73. The first-order valence-corrected chi connectivity index (χ1v) is 11.0. The number of rotatable bonds is 9. The molecule has 3 N–H and O–H groups in total. The van der Waals surface area contributed by atoms with Crippen molar-refractivity contribution in [2.24, 2.45) is 0 Å². The molecule has 2 aromatic carbocycles. The van der Waals surface area contributed by atoms with E-state index < -0.39 is 28.8 Å². The standard InChI is InChI=1S/C23H22Cl2N4O5/c1-11(2)29(3)19-18(20(30)21(19)31)28-16(23(33)34)8-12-4-6-13(7-5-12)27-22(32)17-14(24)9-26-10-15(17)25/h4-7,9-11,16,28H,8H2,1-3H3,(H,27,32)(H,33,34)/t16-/m0/s1. The molecule has 1 atom stereocenters. The van der Waals surface area contributed by atoms with Crippen molar-refractivity contribution in [3.63, 3.8) is 0 Å². The summed E-state index contributed by atoms with van der Waals surface area (Å²) in [6.07, 6.45) is 2.66. The van der Waals surface area contributed by atoms with Gasteiger partial charge in [0.2, 0.25) is 0 Å². The maximum atomic E-state index is 12.5. The second-order valence-electron chi connectivity index (χ2n) is 7.95. The molecule has 34 heavy (non-hydrogen) atoms. The molecule has 0 spiro atoms. The largest absolute Gasteiger partial charge is 0.480 e.